The summed E-state index contributed by atoms with van der Waals surface area (Å²) in [6.07, 6.45) is 6.47. The maximum Gasteiger partial charge on any atom is 0.277 e. The van der Waals surface area contributed by atoms with E-state index in [-0.39, 0.29) is 12.5 Å². The third-order valence-corrected chi connectivity index (χ3v) is 4.19. The van der Waals surface area contributed by atoms with Gasteiger partial charge in [-0.15, -0.1) is 0 Å². The summed E-state index contributed by atoms with van der Waals surface area (Å²) in [4.78, 5) is 11.8. The lowest BCUT2D eigenvalue weighted by atomic mass is 9.74. The smallest absolute Gasteiger partial charge is 0.277 e. The van der Waals surface area contributed by atoms with Crippen LogP contribution < -0.4 is 10.2 Å². The molecule has 1 aromatic rings. The summed E-state index contributed by atoms with van der Waals surface area (Å²) in [5.74, 6) is 1.70. The van der Waals surface area contributed by atoms with Crippen LogP contribution >= 0.6 is 0 Å². The Morgan fingerprint density at radius 3 is 3.10 bits per heavy atom. The lowest BCUT2D eigenvalue weighted by Gasteiger charge is -2.31. The molecule has 0 heterocycles. The second-order valence-corrected chi connectivity index (χ2v) is 5.83. The molecular weight excluding hydrogens is 264 g/mol. The Hall–Kier alpha value is -2.10. The van der Waals surface area contributed by atoms with Gasteiger partial charge in [0.1, 0.15) is 5.75 Å². The fraction of sp³-hybridized carbons (Fsp3) is 0.412. The highest BCUT2D eigenvalue weighted by atomic mass is 16.5. The minimum atomic E-state index is -0.210. The van der Waals surface area contributed by atoms with Crippen molar-refractivity contribution in [2.24, 2.45) is 16.9 Å². The first kappa shape index (κ1) is 13.9. The molecule has 1 amide bonds. The topological polar surface area (TPSA) is 50.7 Å². The highest BCUT2D eigenvalue weighted by Gasteiger charge is 2.37. The van der Waals surface area contributed by atoms with Crippen molar-refractivity contribution in [1.82, 2.24) is 5.43 Å². The van der Waals surface area contributed by atoms with Crippen LogP contribution in [0.1, 0.15) is 24.0 Å². The van der Waals surface area contributed by atoms with Gasteiger partial charge in [-0.1, -0.05) is 24.3 Å². The van der Waals surface area contributed by atoms with Crippen LogP contribution in [-0.4, -0.2) is 18.2 Å². The van der Waals surface area contributed by atoms with E-state index in [2.05, 4.69) is 22.7 Å². The number of carbonyl (C=O) groups is 1. The van der Waals surface area contributed by atoms with Crippen LogP contribution in [0.3, 0.4) is 0 Å². The number of hydrogen-bond donors (Lipinski definition) is 1. The molecule has 4 nitrogen and oxygen atoms in total. The Labute approximate surface area is 124 Å². The summed E-state index contributed by atoms with van der Waals surface area (Å²) in [5.41, 5.74) is 5.84. The van der Waals surface area contributed by atoms with E-state index in [1.165, 1.54) is 0 Å². The van der Waals surface area contributed by atoms with Gasteiger partial charge in [0, 0.05) is 11.6 Å². The molecular formula is C17H20N2O2. The third-order valence-electron chi connectivity index (χ3n) is 4.19. The molecule has 0 radical (unpaired) electrons. The van der Waals surface area contributed by atoms with Crippen molar-refractivity contribution >= 4 is 11.6 Å². The van der Waals surface area contributed by atoms with Crippen LogP contribution in [0.15, 0.2) is 35.5 Å². The number of hydrazone groups is 1. The number of hydrogen-bond acceptors (Lipinski definition) is 3. The molecule has 2 aliphatic carbocycles. The number of aryl methyl sites for hydroxylation is 2. The van der Waals surface area contributed by atoms with E-state index >= 15 is 0 Å². The van der Waals surface area contributed by atoms with E-state index in [1.807, 2.05) is 32.0 Å². The van der Waals surface area contributed by atoms with Gasteiger partial charge < -0.3 is 4.74 Å². The first-order valence-electron chi connectivity index (χ1n) is 7.35. The zero-order chi connectivity index (χ0) is 14.8. The summed E-state index contributed by atoms with van der Waals surface area (Å²) < 4.78 is 5.56. The van der Waals surface area contributed by atoms with Crippen LogP contribution in [0.25, 0.3) is 0 Å². The molecule has 3 rings (SSSR count). The Kier molecular flexibility index (Phi) is 3.78. The number of amides is 1. The average molecular weight is 284 g/mol. The van der Waals surface area contributed by atoms with Crippen LogP contribution in [0.5, 0.6) is 5.75 Å². The number of benzene rings is 1. The molecule has 4 heteroatoms. The molecule has 0 aliphatic heterocycles. The van der Waals surface area contributed by atoms with Crippen molar-refractivity contribution in [3.05, 3.63) is 41.5 Å². The van der Waals surface area contributed by atoms with Gasteiger partial charge in [0.2, 0.25) is 0 Å². The van der Waals surface area contributed by atoms with Crippen LogP contribution in [0.2, 0.25) is 0 Å². The Morgan fingerprint density at radius 1 is 1.43 bits per heavy atom. The molecule has 1 N–H and O–H groups in total. The molecule has 2 atom stereocenters. The second kappa shape index (κ2) is 5.72. The first-order valence-corrected chi connectivity index (χ1v) is 7.35. The van der Waals surface area contributed by atoms with Gasteiger partial charge in [-0.2, -0.15) is 5.10 Å². The highest BCUT2D eigenvalue weighted by molar-refractivity contribution is 5.94. The van der Waals surface area contributed by atoms with Gasteiger partial charge >= 0.3 is 0 Å². The third kappa shape index (κ3) is 2.99. The molecule has 0 unspecified atom stereocenters. The normalized spacial score (nSPS) is 24.6. The van der Waals surface area contributed by atoms with E-state index in [9.17, 15) is 4.79 Å². The Bertz CT molecular complexity index is 619. The number of nitrogens with zero attached hydrogens (tertiary/aromatic N) is 1. The van der Waals surface area contributed by atoms with E-state index in [1.54, 1.807) is 0 Å². The monoisotopic (exact) mass is 284 g/mol. The number of rotatable bonds is 4. The maximum atomic E-state index is 11.8. The van der Waals surface area contributed by atoms with Crippen LogP contribution in [-0.2, 0) is 4.79 Å². The lowest BCUT2D eigenvalue weighted by Crippen LogP contribution is -2.36. The second-order valence-electron chi connectivity index (χ2n) is 5.83. The zero-order valence-corrected chi connectivity index (χ0v) is 12.4. The van der Waals surface area contributed by atoms with Crippen molar-refractivity contribution in [3.8, 4) is 5.75 Å². The summed E-state index contributed by atoms with van der Waals surface area (Å²) in [5, 5.41) is 4.22. The first-order chi connectivity index (χ1) is 10.1. The summed E-state index contributed by atoms with van der Waals surface area (Å²) in [7, 11) is 0. The van der Waals surface area contributed by atoms with E-state index in [0.717, 1.165) is 35.4 Å². The van der Waals surface area contributed by atoms with Crippen molar-refractivity contribution in [3.63, 3.8) is 0 Å². The van der Waals surface area contributed by atoms with E-state index < -0.39 is 0 Å². The zero-order valence-electron chi connectivity index (χ0n) is 12.4. The van der Waals surface area contributed by atoms with Gasteiger partial charge in [0.05, 0.1) is 0 Å². The molecule has 1 saturated carbocycles. The fourth-order valence-electron chi connectivity index (χ4n) is 2.84. The number of nitrogens with one attached hydrogen (secondary N) is 1. The number of fused-ring (bicyclic) bond motifs is 1. The molecule has 0 aromatic heterocycles. The summed E-state index contributed by atoms with van der Waals surface area (Å²) >= 11 is 0. The predicted octanol–water partition coefficient (Wildman–Crippen LogP) is 2.75. The number of carbonyl (C=O) groups excluding carboxylic acids is 1. The highest BCUT2D eigenvalue weighted by Crippen LogP contribution is 2.39. The maximum absolute atomic E-state index is 11.8. The SMILES string of the molecule is Cc1ccc(C)c(OCC(=O)N/N=C2\C[C@@H]3C=CC[C@@H]23)c1. The Balaban J connectivity index is 1.49. The fourth-order valence-corrected chi connectivity index (χ4v) is 2.84. The molecule has 21 heavy (non-hydrogen) atoms. The largest absolute Gasteiger partial charge is 0.483 e. The number of allylic oxidation sites excluding steroid dienone is 2. The summed E-state index contributed by atoms with van der Waals surface area (Å²) in [6, 6.07) is 5.95. The van der Waals surface area contributed by atoms with Crippen molar-refractivity contribution < 1.29 is 9.53 Å². The molecule has 2 aliphatic rings. The quantitative estimate of drug-likeness (QED) is 0.682. The lowest BCUT2D eigenvalue weighted by molar-refractivity contribution is -0.123. The molecule has 1 fully saturated rings. The van der Waals surface area contributed by atoms with Crippen LogP contribution in [0.4, 0.5) is 0 Å². The van der Waals surface area contributed by atoms with E-state index in [4.69, 9.17) is 4.74 Å². The van der Waals surface area contributed by atoms with Crippen molar-refractivity contribution in [1.29, 1.82) is 0 Å². The van der Waals surface area contributed by atoms with Gasteiger partial charge in [-0.25, -0.2) is 5.43 Å². The average Bonchev–Trinajstić information content (AvgIpc) is 2.81. The van der Waals surface area contributed by atoms with Crippen molar-refractivity contribution in [2.75, 3.05) is 6.61 Å². The van der Waals surface area contributed by atoms with Gasteiger partial charge in [-0.3, -0.25) is 4.79 Å². The van der Waals surface area contributed by atoms with Gasteiger partial charge in [0.15, 0.2) is 6.61 Å². The molecule has 0 saturated heterocycles. The number of ether oxygens (including phenoxy) is 1. The standard InChI is InChI=1S/C17H20N2O2/c1-11-6-7-12(2)16(8-11)21-10-17(20)19-18-15-9-13-4-3-5-14(13)15/h3-4,6-8,13-14H,5,9-10H2,1-2H3,(H,19,20)/b18-15+/t13-,14+/m0/s1. The van der Waals surface area contributed by atoms with Gasteiger partial charge in [0.25, 0.3) is 5.91 Å². The van der Waals surface area contributed by atoms with Crippen LogP contribution in [0, 0.1) is 25.7 Å². The predicted molar refractivity (Wildman–Crippen MR) is 82.3 cm³/mol. The summed E-state index contributed by atoms with van der Waals surface area (Å²) in [6.45, 7) is 3.96. The minimum Gasteiger partial charge on any atom is -0.483 e. The minimum absolute atomic E-state index is 0.00653. The van der Waals surface area contributed by atoms with E-state index in [0.29, 0.717) is 11.8 Å². The van der Waals surface area contributed by atoms with Gasteiger partial charge in [-0.05, 0) is 49.8 Å². The molecule has 110 valence electrons. The molecule has 1 aromatic carbocycles. The van der Waals surface area contributed by atoms with Crippen molar-refractivity contribution in [2.45, 2.75) is 26.7 Å². The Morgan fingerprint density at radius 2 is 2.29 bits per heavy atom. The molecule has 0 spiro atoms. The molecule has 0 bridgehead atoms.